The smallest absolute Gasteiger partial charge is 0.250 e. The van der Waals surface area contributed by atoms with Crippen LogP contribution >= 0.6 is 11.6 Å². The molecule has 0 aliphatic carbocycles. The molecular weight excluding hydrogens is 380 g/mol. The van der Waals surface area contributed by atoms with Crippen LogP contribution in [0.3, 0.4) is 0 Å². The molecule has 154 valence electrons. The van der Waals surface area contributed by atoms with E-state index < -0.39 is 5.92 Å². The predicted molar refractivity (Wildman–Crippen MR) is 111 cm³/mol. The second-order valence-corrected chi connectivity index (χ2v) is 9.27. The highest BCUT2D eigenvalue weighted by atomic mass is 35.5. The highest BCUT2D eigenvalue weighted by Gasteiger charge is 2.35. The Hall–Kier alpha value is -1.17. The summed E-state index contributed by atoms with van der Waals surface area (Å²) in [7, 11) is 0. The van der Waals surface area contributed by atoms with E-state index in [4.69, 9.17) is 11.6 Å². The molecule has 2 aliphatic rings. The molecular formula is C22H30ClF2N3. The van der Waals surface area contributed by atoms with Crippen molar-refractivity contribution < 1.29 is 8.78 Å². The number of halogens is 3. The number of nitrogens with one attached hydrogen (secondary N) is 1. The minimum Gasteiger partial charge on any atom is -0.357 e. The zero-order valence-corrected chi connectivity index (χ0v) is 17.5. The van der Waals surface area contributed by atoms with Crippen LogP contribution in [0.25, 0.3) is 10.9 Å². The zero-order chi connectivity index (χ0) is 19.9. The summed E-state index contributed by atoms with van der Waals surface area (Å²) in [6.45, 7) is 8.34. The Morgan fingerprint density at radius 1 is 1.18 bits per heavy atom. The fraction of sp³-hybridized carbons (Fsp3) is 0.636. The van der Waals surface area contributed by atoms with E-state index in [1.54, 1.807) is 0 Å². The number of rotatable bonds is 5. The molecule has 6 heteroatoms. The van der Waals surface area contributed by atoms with Crippen LogP contribution < -0.4 is 0 Å². The van der Waals surface area contributed by atoms with Crippen molar-refractivity contribution in [1.82, 2.24) is 14.8 Å². The Balaban J connectivity index is 1.51. The normalized spacial score (nSPS) is 23.4. The summed E-state index contributed by atoms with van der Waals surface area (Å²) in [5.74, 6) is -1.88. The Morgan fingerprint density at radius 3 is 2.64 bits per heavy atom. The monoisotopic (exact) mass is 409 g/mol. The number of H-pyrrole nitrogens is 1. The minimum atomic E-state index is -2.47. The number of likely N-dealkylation sites (tertiary alicyclic amines) is 1. The summed E-state index contributed by atoms with van der Waals surface area (Å²) < 4.78 is 26.8. The van der Waals surface area contributed by atoms with Crippen LogP contribution in [0.5, 0.6) is 0 Å². The molecule has 2 aromatic rings. The first-order valence-corrected chi connectivity index (χ1v) is 10.8. The third-order valence-corrected chi connectivity index (χ3v) is 6.54. The van der Waals surface area contributed by atoms with Gasteiger partial charge in [-0.2, -0.15) is 0 Å². The molecule has 1 N–H and O–H groups in total. The lowest BCUT2D eigenvalue weighted by molar-refractivity contribution is -0.0567. The summed E-state index contributed by atoms with van der Waals surface area (Å²) in [6, 6.07) is 6.43. The van der Waals surface area contributed by atoms with Gasteiger partial charge in [0.15, 0.2) is 0 Å². The number of hydrogen-bond donors (Lipinski definition) is 1. The Morgan fingerprint density at radius 2 is 1.93 bits per heavy atom. The average Bonchev–Trinajstić information content (AvgIpc) is 3.00. The van der Waals surface area contributed by atoms with Gasteiger partial charge in [-0.15, -0.1) is 0 Å². The molecule has 1 aromatic heterocycles. The van der Waals surface area contributed by atoms with Gasteiger partial charge in [-0.1, -0.05) is 25.4 Å². The van der Waals surface area contributed by atoms with Crippen molar-refractivity contribution in [2.45, 2.75) is 51.5 Å². The fourth-order valence-electron chi connectivity index (χ4n) is 4.74. The third kappa shape index (κ3) is 4.22. The lowest BCUT2D eigenvalue weighted by atomic mass is 9.91. The topological polar surface area (TPSA) is 22.3 Å². The maximum atomic E-state index is 13.4. The van der Waals surface area contributed by atoms with Crippen molar-refractivity contribution in [2.24, 2.45) is 5.92 Å². The summed E-state index contributed by atoms with van der Waals surface area (Å²) in [5.41, 5.74) is 3.88. The number of fused-ring (bicyclic) bond motifs is 3. The van der Waals surface area contributed by atoms with E-state index in [-0.39, 0.29) is 12.8 Å². The van der Waals surface area contributed by atoms with Crippen LogP contribution in [0.1, 0.15) is 50.4 Å². The lowest BCUT2D eigenvalue weighted by Gasteiger charge is -2.39. The van der Waals surface area contributed by atoms with E-state index in [9.17, 15) is 8.78 Å². The third-order valence-electron chi connectivity index (χ3n) is 6.31. The summed E-state index contributed by atoms with van der Waals surface area (Å²) in [4.78, 5) is 8.41. The molecule has 3 heterocycles. The fourth-order valence-corrected chi connectivity index (χ4v) is 4.92. The van der Waals surface area contributed by atoms with Crippen LogP contribution in [-0.4, -0.2) is 53.4 Å². The van der Waals surface area contributed by atoms with Crippen molar-refractivity contribution in [3.8, 4) is 0 Å². The molecule has 0 radical (unpaired) electrons. The van der Waals surface area contributed by atoms with Crippen LogP contribution in [0.2, 0.25) is 5.02 Å². The Kier molecular flexibility index (Phi) is 5.69. The number of benzene rings is 1. The van der Waals surface area contributed by atoms with Crippen LogP contribution in [0, 0.1) is 5.92 Å². The van der Waals surface area contributed by atoms with Gasteiger partial charge >= 0.3 is 0 Å². The van der Waals surface area contributed by atoms with Gasteiger partial charge in [0.1, 0.15) is 0 Å². The molecule has 0 amide bonds. The second kappa shape index (κ2) is 7.92. The van der Waals surface area contributed by atoms with Crippen molar-refractivity contribution in [3.63, 3.8) is 0 Å². The van der Waals surface area contributed by atoms with Gasteiger partial charge in [-0.05, 0) is 42.5 Å². The van der Waals surface area contributed by atoms with E-state index in [0.717, 1.165) is 43.0 Å². The number of alkyl halides is 2. The predicted octanol–water partition coefficient (Wildman–Crippen LogP) is 5.50. The maximum Gasteiger partial charge on any atom is 0.250 e. The number of nitrogens with zero attached hydrogens (tertiary/aromatic N) is 2. The molecule has 1 fully saturated rings. The van der Waals surface area contributed by atoms with Gasteiger partial charge in [-0.3, -0.25) is 4.90 Å². The van der Waals surface area contributed by atoms with Gasteiger partial charge in [0.2, 0.25) is 0 Å². The Labute approximate surface area is 171 Å². The van der Waals surface area contributed by atoms with Crippen LogP contribution in [-0.2, 0) is 6.42 Å². The first-order valence-electron chi connectivity index (χ1n) is 10.5. The molecule has 3 nitrogen and oxygen atoms in total. The molecule has 1 saturated heterocycles. The lowest BCUT2D eigenvalue weighted by Crippen LogP contribution is -2.45. The Bertz CT molecular complexity index is 823. The highest BCUT2D eigenvalue weighted by molar-refractivity contribution is 6.31. The molecule has 0 spiro atoms. The molecule has 1 aromatic carbocycles. The van der Waals surface area contributed by atoms with Gasteiger partial charge in [0, 0.05) is 67.2 Å². The first-order chi connectivity index (χ1) is 13.3. The molecule has 0 saturated carbocycles. The minimum absolute atomic E-state index is 0.00462. The zero-order valence-electron chi connectivity index (χ0n) is 16.8. The van der Waals surface area contributed by atoms with Crippen molar-refractivity contribution in [3.05, 3.63) is 34.5 Å². The van der Waals surface area contributed by atoms with E-state index in [2.05, 4.69) is 40.8 Å². The molecule has 2 aliphatic heterocycles. The van der Waals surface area contributed by atoms with Gasteiger partial charge in [0.05, 0.1) is 6.04 Å². The van der Waals surface area contributed by atoms with Gasteiger partial charge in [-0.25, -0.2) is 8.78 Å². The van der Waals surface area contributed by atoms with E-state index in [0.29, 0.717) is 25.0 Å². The van der Waals surface area contributed by atoms with E-state index in [1.807, 2.05) is 6.07 Å². The largest absolute Gasteiger partial charge is 0.357 e. The summed E-state index contributed by atoms with van der Waals surface area (Å²) >= 11 is 6.24. The maximum absolute atomic E-state index is 13.4. The highest BCUT2D eigenvalue weighted by Crippen LogP contribution is 2.38. The van der Waals surface area contributed by atoms with Crippen molar-refractivity contribution in [2.75, 3.05) is 32.7 Å². The number of aromatic nitrogens is 1. The standard InChI is InChI=1S/C22H30ClF2N3/c1-15(2)13-20-21-17(18-14-16(23)3-4-19(18)26-21)5-8-28(20)12-11-27-9-6-22(24,25)7-10-27/h3-4,14-15,20,26H,5-13H2,1-2H3/t20-/m0/s1. The van der Waals surface area contributed by atoms with Crippen molar-refractivity contribution >= 4 is 22.5 Å². The first kappa shape index (κ1) is 20.1. The summed E-state index contributed by atoms with van der Waals surface area (Å²) in [5, 5.41) is 2.02. The van der Waals surface area contributed by atoms with Crippen LogP contribution in [0.4, 0.5) is 8.78 Å². The number of aromatic amines is 1. The van der Waals surface area contributed by atoms with Gasteiger partial charge in [0.25, 0.3) is 5.92 Å². The summed E-state index contributed by atoms with van der Waals surface area (Å²) in [6.07, 6.45) is 2.08. The molecule has 1 atom stereocenters. The molecule has 4 rings (SSSR count). The van der Waals surface area contributed by atoms with Crippen molar-refractivity contribution in [1.29, 1.82) is 0 Å². The van der Waals surface area contributed by atoms with E-state index in [1.165, 1.54) is 16.6 Å². The molecule has 0 unspecified atom stereocenters. The number of hydrogen-bond acceptors (Lipinski definition) is 2. The molecule has 28 heavy (non-hydrogen) atoms. The van der Waals surface area contributed by atoms with Crippen LogP contribution in [0.15, 0.2) is 18.2 Å². The molecule has 0 bridgehead atoms. The number of piperidine rings is 1. The van der Waals surface area contributed by atoms with E-state index >= 15 is 0 Å². The quantitative estimate of drug-likeness (QED) is 0.704. The van der Waals surface area contributed by atoms with Gasteiger partial charge < -0.3 is 9.88 Å². The SMILES string of the molecule is CC(C)C[C@H]1c2[nH]c3ccc(Cl)cc3c2CCN1CCN1CCC(F)(F)CC1. The average molecular weight is 410 g/mol. The second-order valence-electron chi connectivity index (χ2n) is 8.84.